The van der Waals surface area contributed by atoms with Crippen molar-refractivity contribution in [2.75, 3.05) is 6.61 Å². The minimum absolute atomic E-state index is 0.0295. The molecule has 0 spiro atoms. The molecule has 2 unspecified atom stereocenters. The first-order chi connectivity index (χ1) is 9.43. The van der Waals surface area contributed by atoms with Crippen LogP contribution < -0.4 is 5.32 Å². The summed E-state index contributed by atoms with van der Waals surface area (Å²) in [6.07, 6.45) is -0.606. The van der Waals surface area contributed by atoms with Crippen LogP contribution in [0, 0.1) is 0 Å². The summed E-state index contributed by atoms with van der Waals surface area (Å²) >= 11 is 0. The lowest BCUT2D eigenvalue weighted by atomic mass is 9.97. The lowest BCUT2D eigenvalue weighted by Gasteiger charge is -2.31. The van der Waals surface area contributed by atoms with Crippen LogP contribution >= 0.6 is 0 Å². The van der Waals surface area contributed by atoms with Gasteiger partial charge in [0.05, 0.1) is 12.7 Å². The molecule has 3 N–H and O–H groups in total. The number of aliphatic hydroxyl groups is 2. The Labute approximate surface area is 120 Å². The SMILES string of the molecule is CC(NC(C)(C)CO)C(O)c1ccc2ccccc2c1. The summed E-state index contributed by atoms with van der Waals surface area (Å²) in [5, 5.41) is 25.3. The summed E-state index contributed by atoms with van der Waals surface area (Å²) < 4.78 is 0. The van der Waals surface area contributed by atoms with E-state index in [4.69, 9.17) is 0 Å². The lowest BCUT2D eigenvalue weighted by molar-refractivity contribution is 0.0992. The average molecular weight is 273 g/mol. The van der Waals surface area contributed by atoms with Crippen molar-refractivity contribution < 1.29 is 10.2 Å². The normalized spacial score (nSPS) is 15.2. The van der Waals surface area contributed by atoms with Gasteiger partial charge in [0.1, 0.15) is 0 Å². The van der Waals surface area contributed by atoms with Gasteiger partial charge < -0.3 is 15.5 Å². The maximum Gasteiger partial charge on any atom is 0.0940 e. The second-order valence-electron chi connectivity index (χ2n) is 6.03. The van der Waals surface area contributed by atoms with Gasteiger partial charge in [-0.2, -0.15) is 0 Å². The van der Waals surface area contributed by atoms with Gasteiger partial charge in [0.25, 0.3) is 0 Å². The molecule has 0 amide bonds. The molecule has 0 aliphatic heterocycles. The molecular weight excluding hydrogens is 250 g/mol. The third kappa shape index (κ3) is 3.37. The standard InChI is InChI=1S/C17H23NO2/c1-12(18-17(2,3)11-19)16(20)15-9-8-13-6-4-5-7-14(13)10-15/h4-10,12,16,18-20H,11H2,1-3H3. The van der Waals surface area contributed by atoms with Crippen molar-refractivity contribution in [3.8, 4) is 0 Å². The average Bonchev–Trinajstić information content (AvgIpc) is 2.45. The number of rotatable bonds is 5. The fraction of sp³-hybridized carbons (Fsp3) is 0.412. The molecule has 2 aromatic rings. The van der Waals surface area contributed by atoms with E-state index in [2.05, 4.69) is 11.4 Å². The number of aliphatic hydroxyl groups excluding tert-OH is 2. The predicted molar refractivity (Wildman–Crippen MR) is 82.7 cm³/mol. The summed E-state index contributed by atoms with van der Waals surface area (Å²) in [6, 6.07) is 14.0. The van der Waals surface area contributed by atoms with Crippen LogP contribution in [0.1, 0.15) is 32.4 Å². The Balaban J connectivity index is 2.20. The number of hydrogen-bond donors (Lipinski definition) is 3. The van der Waals surface area contributed by atoms with Crippen molar-refractivity contribution in [1.82, 2.24) is 5.32 Å². The molecule has 108 valence electrons. The van der Waals surface area contributed by atoms with Gasteiger partial charge in [-0.3, -0.25) is 0 Å². The number of benzene rings is 2. The molecule has 3 heteroatoms. The van der Waals surface area contributed by atoms with Crippen LogP contribution in [0.5, 0.6) is 0 Å². The molecule has 0 aliphatic rings. The van der Waals surface area contributed by atoms with Crippen LogP contribution in [0.15, 0.2) is 42.5 Å². The van der Waals surface area contributed by atoms with Crippen molar-refractivity contribution in [1.29, 1.82) is 0 Å². The quantitative estimate of drug-likeness (QED) is 0.785. The first kappa shape index (κ1) is 15.0. The van der Waals surface area contributed by atoms with Gasteiger partial charge in [0.15, 0.2) is 0 Å². The van der Waals surface area contributed by atoms with E-state index in [0.29, 0.717) is 0 Å². The maximum absolute atomic E-state index is 10.5. The van der Waals surface area contributed by atoms with Crippen LogP contribution in [0.2, 0.25) is 0 Å². The highest BCUT2D eigenvalue weighted by Crippen LogP contribution is 2.23. The fourth-order valence-electron chi connectivity index (χ4n) is 2.42. The third-order valence-corrected chi connectivity index (χ3v) is 3.60. The molecular formula is C17H23NO2. The molecule has 2 rings (SSSR count). The van der Waals surface area contributed by atoms with Gasteiger partial charge in [0, 0.05) is 11.6 Å². The Morgan fingerprint density at radius 1 is 1.10 bits per heavy atom. The van der Waals surface area contributed by atoms with Crippen LogP contribution in [-0.4, -0.2) is 28.4 Å². The first-order valence-electron chi connectivity index (χ1n) is 6.98. The van der Waals surface area contributed by atoms with Crippen molar-refractivity contribution >= 4 is 10.8 Å². The predicted octanol–water partition coefficient (Wildman–Crippen LogP) is 2.62. The third-order valence-electron chi connectivity index (χ3n) is 3.60. The minimum atomic E-state index is -0.606. The van der Waals surface area contributed by atoms with E-state index >= 15 is 0 Å². The fourth-order valence-corrected chi connectivity index (χ4v) is 2.42. The van der Waals surface area contributed by atoms with E-state index in [1.807, 2.05) is 57.2 Å². The Morgan fingerprint density at radius 3 is 2.40 bits per heavy atom. The molecule has 3 nitrogen and oxygen atoms in total. The van der Waals surface area contributed by atoms with E-state index in [1.165, 1.54) is 5.39 Å². The van der Waals surface area contributed by atoms with Gasteiger partial charge in [-0.1, -0.05) is 36.4 Å². The summed E-state index contributed by atoms with van der Waals surface area (Å²) in [4.78, 5) is 0. The first-order valence-corrected chi connectivity index (χ1v) is 6.98. The molecule has 0 heterocycles. The molecule has 2 aromatic carbocycles. The molecule has 2 atom stereocenters. The number of nitrogens with one attached hydrogen (secondary N) is 1. The molecule has 0 bridgehead atoms. The minimum Gasteiger partial charge on any atom is -0.394 e. The molecule has 0 radical (unpaired) electrons. The van der Waals surface area contributed by atoms with E-state index in [-0.39, 0.29) is 12.6 Å². The Kier molecular flexibility index (Phi) is 4.43. The largest absolute Gasteiger partial charge is 0.394 e. The number of fused-ring (bicyclic) bond motifs is 1. The maximum atomic E-state index is 10.5. The molecule has 0 aromatic heterocycles. The molecule has 0 saturated carbocycles. The lowest BCUT2D eigenvalue weighted by Crippen LogP contribution is -2.49. The summed E-state index contributed by atoms with van der Waals surface area (Å²) in [7, 11) is 0. The number of hydrogen-bond acceptors (Lipinski definition) is 3. The zero-order valence-electron chi connectivity index (χ0n) is 12.3. The van der Waals surface area contributed by atoms with Gasteiger partial charge in [-0.05, 0) is 43.2 Å². The van der Waals surface area contributed by atoms with E-state index in [0.717, 1.165) is 10.9 Å². The van der Waals surface area contributed by atoms with E-state index < -0.39 is 11.6 Å². The monoisotopic (exact) mass is 273 g/mol. The smallest absolute Gasteiger partial charge is 0.0940 e. The molecule has 0 saturated heterocycles. The highest BCUT2D eigenvalue weighted by molar-refractivity contribution is 5.83. The molecule has 20 heavy (non-hydrogen) atoms. The second kappa shape index (κ2) is 5.92. The molecule has 0 aliphatic carbocycles. The van der Waals surface area contributed by atoms with Crippen molar-refractivity contribution in [2.24, 2.45) is 0 Å². The van der Waals surface area contributed by atoms with Crippen LogP contribution in [0.3, 0.4) is 0 Å². The second-order valence-corrected chi connectivity index (χ2v) is 6.03. The summed E-state index contributed by atoms with van der Waals surface area (Å²) in [5.74, 6) is 0. The van der Waals surface area contributed by atoms with E-state index in [9.17, 15) is 10.2 Å². The Morgan fingerprint density at radius 2 is 1.75 bits per heavy atom. The summed E-state index contributed by atoms with van der Waals surface area (Å²) in [6.45, 7) is 5.78. The van der Waals surface area contributed by atoms with Gasteiger partial charge >= 0.3 is 0 Å². The Bertz CT molecular complexity index is 580. The van der Waals surface area contributed by atoms with E-state index in [1.54, 1.807) is 0 Å². The molecule has 0 fully saturated rings. The van der Waals surface area contributed by atoms with Crippen molar-refractivity contribution in [3.63, 3.8) is 0 Å². The Hall–Kier alpha value is -1.42. The summed E-state index contributed by atoms with van der Waals surface area (Å²) in [5.41, 5.74) is 0.481. The van der Waals surface area contributed by atoms with Gasteiger partial charge in [-0.15, -0.1) is 0 Å². The zero-order chi connectivity index (χ0) is 14.8. The zero-order valence-corrected chi connectivity index (χ0v) is 12.3. The van der Waals surface area contributed by atoms with Crippen molar-refractivity contribution in [2.45, 2.75) is 38.5 Å². The topological polar surface area (TPSA) is 52.5 Å². The van der Waals surface area contributed by atoms with Crippen LogP contribution in [-0.2, 0) is 0 Å². The highest BCUT2D eigenvalue weighted by atomic mass is 16.3. The van der Waals surface area contributed by atoms with Gasteiger partial charge in [0.2, 0.25) is 0 Å². The van der Waals surface area contributed by atoms with Crippen LogP contribution in [0.25, 0.3) is 10.8 Å². The van der Waals surface area contributed by atoms with Crippen molar-refractivity contribution in [3.05, 3.63) is 48.0 Å². The highest BCUT2D eigenvalue weighted by Gasteiger charge is 2.24. The van der Waals surface area contributed by atoms with Gasteiger partial charge in [-0.25, -0.2) is 0 Å². The van der Waals surface area contributed by atoms with Crippen LogP contribution in [0.4, 0.5) is 0 Å².